The van der Waals surface area contributed by atoms with E-state index in [1.54, 1.807) is 0 Å². The lowest BCUT2D eigenvalue weighted by Gasteiger charge is -2.37. The maximum absolute atomic E-state index is 12.2. The standard InChI is InChI=1S/C17H18N2O2/c1-15(2)16(3)8-9-17(15,14(20)21)13-12(16)18-10-6-4-5-7-11(10)19-13/h4-7H,8-9H2,1-3H3,(H,20,21)/t16-,17+/m0/s1. The number of aliphatic carboxylic acids is 1. The topological polar surface area (TPSA) is 63.1 Å². The molecule has 0 unspecified atom stereocenters. The number of nitrogens with zero attached hydrogens (tertiary/aromatic N) is 2. The Morgan fingerprint density at radius 2 is 1.62 bits per heavy atom. The Bertz CT molecular complexity index is 798. The van der Waals surface area contributed by atoms with Crippen LogP contribution < -0.4 is 0 Å². The molecule has 0 saturated heterocycles. The molecule has 0 aliphatic heterocycles. The van der Waals surface area contributed by atoms with Crippen LogP contribution >= 0.6 is 0 Å². The Morgan fingerprint density at radius 3 is 2.19 bits per heavy atom. The van der Waals surface area contributed by atoms with Crippen molar-refractivity contribution in [2.75, 3.05) is 0 Å². The van der Waals surface area contributed by atoms with Gasteiger partial charge in [0, 0.05) is 5.41 Å². The summed E-state index contributed by atoms with van der Waals surface area (Å²) in [5, 5.41) is 9.99. The number of benzene rings is 1. The van der Waals surface area contributed by atoms with Crippen molar-refractivity contribution in [3.05, 3.63) is 35.7 Å². The number of fused-ring (bicyclic) bond motifs is 6. The first kappa shape index (κ1) is 12.7. The molecule has 0 radical (unpaired) electrons. The minimum Gasteiger partial charge on any atom is -0.481 e. The molecule has 0 amide bonds. The maximum Gasteiger partial charge on any atom is 0.316 e. The van der Waals surface area contributed by atoms with Gasteiger partial charge >= 0.3 is 5.97 Å². The Hall–Kier alpha value is -1.97. The van der Waals surface area contributed by atoms with E-state index >= 15 is 0 Å². The zero-order valence-corrected chi connectivity index (χ0v) is 12.5. The third-order valence-electron chi connectivity index (χ3n) is 6.31. The third-order valence-corrected chi connectivity index (χ3v) is 6.31. The van der Waals surface area contributed by atoms with Gasteiger partial charge in [-0.25, -0.2) is 9.97 Å². The predicted molar refractivity (Wildman–Crippen MR) is 79.2 cm³/mol. The summed E-state index contributed by atoms with van der Waals surface area (Å²) in [7, 11) is 0. The average Bonchev–Trinajstić information content (AvgIpc) is 2.74. The third kappa shape index (κ3) is 1.13. The number of para-hydroxylation sites is 2. The molecule has 1 heterocycles. The van der Waals surface area contributed by atoms with Crippen LogP contribution in [0, 0.1) is 5.41 Å². The minimum absolute atomic E-state index is 0.224. The highest BCUT2D eigenvalue weighted by atomic mass is 16.4. The molecule has 0 spiro atoms. The van der Waals surface area contributed by atoms with Crippen LogP contribution in [0.25, 0.3) is 11.0 Å². The van der Waals surface area contributed by atoms with Crippen LogP contribution in [0.5, 0.6) is 0 Å². The maximum atomic E-state index is 12.2. The summed E-state index contributed by atoms with van der Waals surface area (Å²) in [5.41, 5.74) is 1.69. The molecule has 2 aromatic rings. The van der Waals surface area contributed by atoms with Gasteiger partial charge in [0.1, 0.15) is 5.41 Å². The second kappa shape index (κ2) is 3.43. The molecule has 4 heteroatoms. The first-order valence-electron chi connectivity index (χ1n) is 7.36. The molecule has 2 bridgehead atoms. The average molecular weight is 282 g/mol. The molecule has 1 aromatic heterocycles. The van der Waals surface area contributed by atoms with Crippen LogP contribution in [0.1, 0.15) is 45.0 Å². The Morgan fingerprint density at radius 1 is 1.05 bits per heavy atom. The van der Waals surface area contributed by atoms with Crippen molar-refractivity contribution in [1.82, 2.24) is 9.97 Å². The number of carbonyl (C=O) groups is 1. The largest absolute Gasteiger partial charge is 0.481 e. The Labute approximate surface area is 123 Å². The second-order valence-electron chi connectivity index (χ2n) is 7.08. The normalized spacial score (nSPS) is 32.3. The number of hydrogen-bond acceptors (Lipinski definition) is 3. The lowest BCUT2D eigenvalue weighted by atomic mass is 9.64. The molecule has 1 N–H and O–H groups in total. The van der Waals surface area contributed by atoms with Crippen molar-refractivity contribution < 1.29 is 9.90 Å². The van der Waals surface area contributed by atoms with E-state index in [-0.39, 0.29) is 10.8 Å². The van der Waals surface area contributed by atoms with Crippen LogP contribution in [0.15, 0.2) is 24.3 Å². The molecule has 2 atom stereocenters. The van der Waals surface area contributed by atoms with Gasteiger partial charge in [0.25, 0.3) is 0 Å². The molecule has 2 aliphatic carbocycles. The van der Waals surface area contributed by atoms with Gasteiger partial charge in [-0.1, -0.05) is 32.9 Å². The van der Waals surface area contributed by atoms with Gasteiger partial charge in [-0.3, -0.25) is 4.79 Å². The summed E-state index contributed by atoms with van der Waals surface area (Å²) in [4.78, 5) is 21.7. The van der Waals surface area contributed by atoms with Crippen molar-refractivity contribution in [3.63, 3.8) is 0 Å². The fourth-order valence-corrected chi connectivity index (χ4v) is 4.52. The first-order chi connectivity index (χ1) is 9.84. The highest BCUT2D eigenvalue weighted by Crippen LogP contribution is 2.70. The number of carboxylic acid groups (broad SMARTS) is 1. The lowest BCUT2D eigenvalue weighted by Crippen LogP contribution is -2.45. The summed E-state index contributed by atoms with van der Waals surface area (Å²) in [6, 6.07) is 7.70. The van der Waals surface area contributed by atoms with E-state index in [1.165, 1.54) is 0 Å². The number of hydrogen-bond donors (Lipinski definition) is 1. The van der Waals surface area contributed by atoms with Crippen LogP contribution in [0.3, 0.4) is 0 Å². The number of carboxylic acids is 1. The van der Waals surface area contributed by atoms with Gasteiger partial charge < -0.3 is 5.11 Å². The summed E-state index contributed by atoms with van der Waals surface area (Å²) < 4.78 is 0. The second-order valence-corrected chi connectivity index (χ2v) is 7.08. The van der Waals surface area contributed by atoms with E-state index in [2.05, 4.69) is 20.8 Å². The van der Waals surface area contributed by atoms with E-state index in [4.69, 9.17) is 9.97 Å². The molecule has 1 aromatic carbocycles. The highest BCUT2D eigenvalue weighted by molar-refractivity contribution is 5.87. The summed E-state index contributed by atoms with van der Waals surface area (Å²) >= 11 is 0. The van der Waals surface area contributed by atoms with Crippen molar-refractivity contribution in [1.29, 1.82) is 0 Å². The molecule has 1 fully saturated rings. The van der Waals surface area contributed by atoms with E-state index in [1.807, 2.05) is 24.3 Å². The van der Waals surface area contributed by atoms with Crippen molar-refractivity contribution in [2.24, 2.45) is 5.41 Å². The fourth-order valence-electron chi connectivity index (χ4n) is 4.52. The highest BCUT2D eigenvalue weighted by Gasteiger charge is 2.73. The molecule has 4 nitrogen and oxygen atoms in total. The predicted octanol–water partition coefficient (Wildman–Crippen LogP) is 3.04. The molecule has 2 aliphatic rings. The number of aromatic nitrogens is 2. The Balaban J connectivity index is 2.15. The van der Waals surface area contributed by atoms with Crippen molar-refractivity contribution in [2.45, 2.75) is 44.4 Å². The van der Waals surface area contributed by atoms with Gasteiger partial charge in [-0.15, -0.1) is 0 Å². The van der Waals surface area contributed by atoms with Gasteiger partial charge in [0.2, 0.25) is 0 Å². The van der Waals surface area contributed by atoms with Gasteiger partial charge in [0.15, 0.2) is 0 Å². The van der Waals surface area contributed by atoms with Crippen molar-refractivity contribution >= 4 is 17.0 Å². The summed E-state index contributed by atoms with van der Waals surface area (Å²) in [5.74, 6) is -0.764. The van der Waals surface area contributed by atoms with Crippen LogP contribution in [-0.4, -0.2) is 21.0 Å². The zero-order chi connectivity index (χ0) is 15.0. The fraction of sp³-hybridized carbons (Fsp3) is 0.471. The van der Waals surface area contributed by atoms with Gasteiger partial charge in [0.05, 0.1) is 22.4 Å². The molecular formula is C17H18N2O2. The lowest BCUT2D eigenvalue weighted by molar-refractivity contribution is -0.148. The Kier molecular flexibility index (Phi) is 2.08. The molecule has 1 saturated carbocycles. The zero-order valence-electron chi connectivity index (χ0n) is 12.5. The smallest absolute Gasteiger partial charge is 0.316 e. The molecular weight excluding hydrogens is 264 g/mol. The minimum atomic E-state index is -0.909. The monoisotopic (exact) mass is 282 g/mol. The van der Waals surface area contributed by atoms with Crippen LogP contribution in [0.2, 0.25) is 0 Å². The van der Waals surface area contributed by atoms with E-state index in [0.29, 0.717) is 12.1 Å². The summed E-state index contributed by atoms with van der Waals surface area (Å²) in [6.45, 7) is 6.26. The van der Waals surface area contributed by atoms with E-state index in [0.717, 1.165) is 23.1 Å². The van der Waals surface area contributed by atoms with Gasteiger partial charge in [-0.2, -0.15) is 0 Å². The number of rotatable bonds is 1. The van der Waals surface area contributed by atoms with E-state index in [9.17, 15) is 9.90 Å². The first-order valence-corrected chi connectivity index (χ1v) is 7.36. The van der Waals surface area contributed by atoms with Crippen LogP contribution in [-0.2, 0) is 15.6 Å². The molecule has 108 valence electrons. The van der Waals surface area contributed by atoms with E-state index < -0.39 is 11.4 Å². The van der Waals surface area contributed by atoms with Crippen LogP contribution in [0.4, 0.5) is 0 Å². The summed E-state index contributed by atoms with van der Waals surface area (Å²) in [6.07, 6.45) is 1.50. The van der Waals surface area contributed by atoms with Gasteiger partial charge in [-0.05, 0) is 30.4 Å². The van der Waals surface area contributed by atoms with Crippen molar-refractivity contribution in [3.8, 4) is 0 Å². The molecule has 21 heavy (non-hydrogen) atoms. The molecule has 4 rings (SSSR count). The SMILES string of the molecule is CC1(C)[C@@]2(C)CC[C@]1(C(=O)O)c1nc3ccccc3nc12. The quantitative estimate of drug-likeness (QED) is 0.873.